The van der Waals surface area contributed by atoms with Crippen LogP contribution in [0.1, 0.15) is 20.8 Å². The molecule has 0 aliphatic carbocycles. The zero-order chi connectivity index (χ0) is 13.2. The van der Waals surface area contributed by atoms with E-state index in [0.29, 0.717) is 19.0 Å². The van der Waals surface area contributed by atoms with Gasteiger partial charge in [0.05, 0.1) is 0 Å². The van der Waals surface area contributed by atoms with E-state index in [1.165, 1.54) is 0 Å². The highest BCUT2D eigenvalue weighted by atomic mass is 16.6. The Hall–Kier alpha value is -0.810. The van der Waals surface area contributed by atoms with Crippen molar-refractivity contribution >= 4 is 6.09 Å². The molecule has 0 saturated carbocycles. The summed E-state index contributed by atoms with van der Waals surface area (Å²) in [6, 6.07) is 0.0462. The van der Waals surface area contributed by atoms with Crippen LogP contribution in [-0.2, 0) is 4.74 Å². The van der Waals surface area contributed by atoms with E-state index in [-0.39, 0.29) is 12.1 Å². The van der Waals surface area contributed by atoms with Crippen molar-refractivity contribution < 1.29 is 9.53 Å². The summed E-state index contributed by atoms with van der Waals surface area (Å²) in [6.07, 6.45) is -0.255. The van der Waals surface area contributed by atoms with Crippen molar-refractivity contribution in [3.05, 3.63) is 0 Å². The summed E-state index contributed by atoms with van der Waals surface area (Å²) in [5, 5.41) is 0. The molecular formula is C12H25N3O2. The third-order valence-electron chi connectivity index (χ3n) is 2.74. The van der Waals surface area contributed by atoms with Gasteiger partial charge in [-0.2, -0.15) is 0 Å². The number of rotatable bonds is 2. The first-order valence-electron chi connectivity index (χ1n) is 6.07. The molecule has 1 heterocycles. The summed E-state index contributed by atoms with van der Waals surface area (Å²) < 4.78 is 5.34. The van der Waals surface area contributed by atoms with Crippen LogP contribution in [0.3, 0.4) is 0 Å². The van der Waals surface area contributed by atoms with Crippen molar-refractivity contribution in [1.82, 2.24) is 9.80 Å². The first kappa shape index (κ1) is 14.3. The lowest BCUT2D eigenvalue weighted by Gasteiger charge is -2.24. The second-order valence-electron chi connectivity index (χ2n) is 6.07. The number of amides is 1. The van der Waals surface area contributed by atoms with Gasteiger partial charge in [-0.3, -0.25) is 0 Å². The molecule has 1 fully saturated rings. The Morgan fingerprint density at radius 2 is 2.00 bits per heavy atom. The molecular weight excluding hydrogens is 218 g/mol. The lowest BCUT2D eigenvalue weighted by molar-refractivity contribution is 0.0285. The zero-order valence-electron chi connectivity index (χ0n) is 11.6. The van der Waals surface area contributed by atoms with Gasteiger partial charge in [0.1, 0.15) is 5.60 Å². The maximum atomic E-state index is 11.9. The Bertz CT molecular complexity index is 273. The molecule has 17 heavy (non-hydrogen) atoms. The molecule has 1 rings (SSSR count). The number of likely N-dealkylation sites (tertiary alicyclic amines) is 1. The molecule has 0 bridgehead atoms. The van der Waals surface area contributed by atoms with Crippen LogP contribution in [0.2, 0.25) is 0 Å². The van der Waals surface area contributed by atoms with Crippen molar-refractivity contribution in [2.24, 2.45) is 11.7 Å². The topological polar surface area (TPSA) is 58.8 Å². The predicted molar refractivity (Wildman–Crippen MR) is 67.8 cm³/mol. The summed E-state index contributed by atoms with van der Waals surface area (Å²) in [4.78, 5) is 15.7. The molecule has 0 radical (unpaired) electrons. The number of nitrogens with zero attached hydrogens (tertiary/aromatic N) is 2. The van der Waals surface area contributed by atoms with Gasteiger partial charge in [-0.05, 0) is 34.9 Å². The van der Waals surface area contributed by atoms with Gasteiger partial charge >= 0.3 is 6.09 Å². The Morgan fingerprint density at radius 1 is 1.41 bits per heavy atom. The summed E-state index contributed by atoms with van der Waals surface area (Å²) in [6.45, 7) is 7.80. The standard InChI is InChI=1S/C12H25N3O2/c1-12(2,3)17-11(16)15-7-9(6-14(4)5)10(13)8-15/h9-10H,6-8,13H2,1-5H3/t9-,10-/m1/s1. The van der Waals surface area contributed by atoms with E-state index in [2.05, 4.69) is 4.90 Å². The Balaban J connectivity index is 2.51. The van der Waals surface area contributed by atoms with E-state index in [9.17, 15) is 4.79 Å². The number of ether oxygens (including phenoxy) is 1. The highest BCUT2D eigenvalue weighted by Crippen LogP contribution is 2.19. The normalized spacial score (nSPS) is 25.5. The van der Waals surface area contributed by atoms with Crippen LogP contribution in [0.15, 0.2) is 0 Å². The Kier molecular flexibility index (Phi) is 4.38. The minimum Gasteiger partial charge on any atom is -0.444 e. The second-order valence-corrected chi connectivity index (χ2v) is 6.07. The van der Waals surface area contributed by atoms with Crippen LogP contribution in [0.5, 0.6) is 0 Å². The first-order valence-corrected chi connectivity index (χ1v) is 6.07. The van der Waals surface area contributed by atoms with Crippen LogP contribution < -0.4 is 5.73 Å². The number of carbonyl (C=O) groups is 1. The zero-order valence-corrected chi connectivity index (χ0v) is 11.6. The first-order chi connectivity index (χ1) is 7.69. The lowest BCUT2D eigenvalue weighted by Crippen LogP contribution is -2.36. The molecule has 0 aromatic rings. The van der Waals surface area contributed by atoms with Gasteiger partial charge in [0.2, 0.25) is 0 Å². The van der Waals surface area contributed by atoms with Crippen molar-refractivity contribution in [3.63, 3.8) is 0 Å². The summed E-state index contributed by atoms with van der Waals surface area (Å²) in [7, 11) is 4.03. The fourth-order valence-electron chi connectivity index (χ4n) is 2.03. The maximum Gasteiger partial charge on any atom is 0.410 e. The van der Waals surface area contributed by atoms with E-state index in [0.717, 1.165) is 6.54 Å². The number of hydrogen-bond donors (Lipinski definition) is 1. The Labute approximate surface area is 104 Å². The fourth-order valence-corrected chi connectivity index (χ4v) is 2.03. The molecule has 5 heteroatoms. The van der Waals surface area contributed by atoms with Crippen molar-refractivity contribution in [2.45, 2.75) is 32.4 Å². The molecule has 100 valence electrons. The number of nitrogens with two attached hydrogens (primary N) is 1. The Morgan fingerprint density at radius 3 is 2.47 bits per heavy atom. The largest absolute Gasteiger partial charge is 0.444 e. The number of hydrogen-bond acceptors (Lipinski definition) is 4. The number of carbonyl (C=O) groups excluding carboxylic acids is 1. The van der Waals surface area contributed by atoms with E-state index < -0.39 is 5.60 Å². The van der Waals surface area contributed by atoms with Gasteiger partial charge < -0.3 is 20.3 Å². The summed E-state index contributed by atoms with van der Waals surface area (Å²) in [5.74, 6) is 0.331. The maximum absolute atomic E-state index is 11.9. The SMILES string of the molecule is CN(C)C[C@@H]1CN(C(=O)OC(C)(C)C)C[C@H]1N. The van der Waals surface area contributed by atoms with Crippen LogP contribution in [-0.4, -0.2) is 61.3 Å². The van der Waals surface area contributed by atoms with Crippen LogP contribution in [0, 0.1) is 5.92 Å². The highest BCUT2D eigenvalue weighted by molar-refractivity contribution is 5.68. The fraction of sp³-hybridized carbons (Fsp3) is 0.917. The second kappa shape index (κ2) is 5.23. The predicted octanol–water partition coefficient (Wildman–Crippen LogP) is 0.742. The van der Waals surface area contributed by atoms with E-state index >= 15 is 0 Å². The molecule has 0 aromatic carbocycles. The van der Waals surface area contributed by atoms with Crippen LogP contribution >= 0.6 is 0 Å². The van der Waals surface area contributed by atoms with E-state index in [1.54, 1.807) is 4.90 Å². The summed E-state index contributed by atoms with van der Waals surface area (Å²) >= 11 is 0. The molecule has 5 nitrogen and oxygen atoms in total. The molecule has 1 aliphatic rings. The molecule has 1 aliphatic heterocycles. The summed E-state index contributed by atoms with van der Waals surface area (Å²) in [5.41, 5.74) is 5.60. The highest BCUT2D eigenvalue weighted by Gasteiger charge is 2.35. The molecule has 0 aromatic heterocycles. The molecule has 0 spiro atoms. The smallest absolute Gasteiger partial charge is 0.410 e. The molecule has 1 amide bonds. The van der Waals surface area contributed by atoms with Crippen molar-refractivity contribution in [1.29, 1.82) is 0 Å². The van der Waals surface area contributed by atoms with E-state index in [1.807, 2.05) is 34.9 Å². The molecule has 0 unspecified atom stereocenters. The van der Waals surface area contributed by atoms with Gasteiger partial charge in [0.15, 0.2) is 0 Å². The lowest BCUT2D eigenvalue weighted by atomic mass is 10.0. The van der Waals surface area contributed by atoms with Crippen molar-refractivity contribution in [2.75, 3.05) is 33.7 Å². The van der Waals surface area contributed by atoms with Crippen LogP contribution in [0.25, 0.3) is 0 Å². The van der Waals surface area contributed by atoms with Gasteiger partial charge in [-0.25, -0.2) is 4.79 Å². The van der Waals surface area contributed by atoms with E-state index in [4.69, 9.17) is 10.5 Å². The quantitative estimate of drug-likeness (QED) is 0.777. The minimum absolute atomic E-state index is 0.0462. The third-order valence-corrected chi connectivity index (χ3v) is 2.74. The van der Waals surface area contributed by atoms with Gasteiger partial charge in [-0.15, -0.1) is 0 Å². The molecule has 2 N–H and O–H groups in total. The molecule has 2 atom stereocenters. The average molecular weight is 243 g/mol. The average Bonchev–Trinajstić information content (AvgIpc) is 2.44. The minimum atomic E-state index is -0.444. The van der Waals surface area contributed by atoms with Crippen LogP contribution in [0.4, 0.5) is 4.79 Å². The molecule has 1 saturated heterocycles. The third kappa shape index (κ3) is 4.52. The van der Waals surface area contributed by atoms with Gasteiger partial charge in [-0.1, -0.05) is 0 Å². The van der Waals surface area contributed by atoms with Crippen molar-refractivity contribution in [3.8, 4) is 0 Å². The monoisotopic (exact) mass is 243 g/mol. The van der Waals surface area contributed by atoms with Gasteiger partial charge in [0.25, 0.3) is 0 Å². The van der Waals surface area contributed by atoms with Gasteiger partial charge in [0, 0.05) is 31.6 Å².